The maximum Gasteiger partial charge on any atom is 0.277 e. The van der Waals surface area contributed by atoms with Crippen molar-refractivity contribution in [1.29, 1.82) is 0 Å². The van der Waals surface area contributed by atoms with Crippen LogP contribution in [0.1, 0.15) is 6.42 Å². The Labute approximate surface area is 103 Å². The molecule has 1 aliphatic rings. The van der Waals surface area contributed by atoms with E-state index in [2.05, 4.69) is 10.3 Å². The second-order valence-electron chi connectivity index (χ2n) is 4.20. The van der Waals surface area contributed by atoms with Crippen LogP contribution in [-0.2, 0) is 16.0 Å². The average molecular weight is 247 g/mol. The lowest BCUT2D eigenvalue weighted by Crippen LogP contribution is -2.34. The van der Waals surface area contributed by atoms with E-state index >= 15 is 0 Å². The Kier molecular flexibility index (Phi) is 3.04. The highest BCUT2D eigenvalue weighted by molar-refractivity contribution is 5.76. The van der Waals surface area contributed by atoms with Gasteiger partial charge in [0, 0.05) is 0 Å². The number of ether oxygens (including phenoxy) is 2. The van der Waals surface area contributed by atoms with Gasteiger partial charge in [0.2, 0.25) is 0 Å². The first-order valence-electron chi connectivity index (χ1n) is 5.86. The lowest BCUT2D eigenvalue weighted by Gasteiger charge is -2.22. The highest BCUT2D eigenvalue weighted by Gasteiger charge is 2.16. The Bertz CT molecular complexity index is 605. The predicted octanol–water partition coefficient (Wildman–Crippen LogP) is 0.554. The summed E-state index contributed by atoms with van der Waals surface area (Å²) in [6.45, 7) is 1.35. The summed E-state index contributed by atoms with van der Waals surface area (Å²) in [4.78, 5) is 12.2. The van der Waals surface area contributed by atoms with E-state index in [9.17, 15) is 4.79 Å². The standard InChI is InChI=1S/C12H13N3O3/c16-12-10-3-1-2-4-11(10)13-14-15(12)7-9-5-6-17-8-18-9/h1-4,9H,5-8H2. The summed E-state index contributed by atoms with van der Waals surface area (Å²) < 4.78 is 11.9. The molecule has 94 valence electrons. The van der Waals surface area contributed by atoms with Crippen LogP contribution in [0.3, 0.4) is 0 Å². The van der Waals surface area contributed by atoms with Crippen LogP contribution in [-0.4, -0.2) is 34.5 Å². The summed E-state index contributed by atoms with van der Waals surface area (Å²) in [5.74, 6) is 0. The van der Waals surface area contributed by atoms with E-state index in [1.807, 2.05) is 12.1 Å². The van der Waals surface area contributed by atoms with Crippen molar-refractivity contribution in [3.63, 3.8) is 0 Å². The van der Waals surface area contributed by atoms with Crippen LogP contribution in [0.2, 0.25) is 0 Å². The van der Waals surface area contributed by atoms with Gasteiger partial charge >= 0.3 is 0 Å². The van der Waals surface area contributed by atoms with Crippen LogP contribution in [0.4, 0.5) is 0 Å². The van der Waals surface area contributed by atoms with Crippen molar-refractivity contribution in [3.05, 3.63) is 34.6 Å². The second-order valence-corrected chi connectivity index (χ2v) is 4.20. The van der Waals surface area contributed by atoms with Gasteiger partial charge in [0.1, 0.15) is 12.3 Å². The molecule has 0 aliphatic carbocycles. The fourth-order valence-corrected chi connectivity index (χ4v) is 1.98. The smallest absolute Gasteiger partial charge is 0.277 e. The fourth-order valence-electron chi connectivity index (χ4n) is 1.98. The molecule has 0 amide bonds. The molecule has 1 saturated heterocycles. The van der Waals surface area contributed by atoms with Crippen molar-refractivity contribution in [2.75, 3.05) is 13.4 Å². The Morgan fingerprint density at radius 3 is 3.11 bits per heavy atom. The lowest BCUT2D eigenvalue weighted by molar-refractivity contribution is -0.143. The number of fused-ring (bicyclic) bond motifs is 1. The maximum absolute atomic E-state index is 12.2. The monoisotopic (exact) mass is 247 g/mol. The molecule has 2 aromatic rings. The normalized spacial score (nSPS) is 20.1. The molecule has 0 saturated carbocycles. The van der Waals surface area contributed by atoms with Crippen LogP contribution in [0.15, 0.2) is 29.1 Å². The third-order valence-corrected chi connectivity index (χ3v) is 2.98. The number of benzene rings is 1. The fraction of sp³-hybridized carbons (Fsp3) is 0.417. The molecule has 0 spiro atoms. The molecule has 18 heavy (non-hydrogen) atoms. The van der Waals surface area contributed by atoms with E-state index in [0.717, 1.165) is 6.42 Å². The van der Waals surface area contributed by atoms with Gasteiger partial charge in [0.05, 0.1) is 24.6 Å². The third-order valence-electron chi connectivity index (χ3n) is 2.98. The van der Waals surface area contributed by atoms with Gasteiger partial charge in [-0.1, -0.05) is 17.3 Å². The van der Waals surface area contributed by atoms with Gasteiger partial charge in [-0.05, 0) is 18.6 Å². The quantitative estimate of drug-likeness (QED) is 0.775. The first-order chi connectivity index (χ1) is 8.84. The van der Waals surface area contributed by atoms with Gasteiger partial charge in [0.15, 0.2) is 0 Å². The molecule has 3 rings (SSSR count). The summed E-state index contributed by atoms with van der Waals surface area (Å²) in [6.07, 6.45) is 0.730. The highest BCUT2D eigenvalue weighted by atomic mass is 16.7. The van der Waals surface area contributed by atoms with E-state index in [0.29, 0.717) is 24.1 Å². The Morgan fingerprint density at radius 1 is 1.39 bits per heavy atom. The summed E-state index contributed by atoms with van der Waals surface area (Å²) >= 11 is 0. The Balaban J connectivity index is 1.92. The molecule has 1 atom stereocenters. The molecule has 1 unspecified atom stereocenters. The van der Waals surface area contributed by atoms with Crippen molar-refractivity contribution in [2.24, 2.45) is 0 Å². The zero-order chi connectivity index (χ0) is 12.4. The van der Waals surface area contributed by atoms with Gasteiger partial charge in [0.25, 0.3) is 5.56 Å². The van der Waals surface area contributed by atoms with Crippen molar-refractivity contribution < 1.29 is 9.47 Å². The minimum atomic E-state index is -0.129. The summed E-state index contributed by atoms with van der Waals surface area (Å²) in [5, 5.41) is 8.55. The number of rotatable bonds is 2. The van der Waals surface area contributed by atoms with Gasteiger partial charge in [-0.2, -0.15) is 0 Å². The Morgan fingerprint density at radius 2 is 2.28 bits per heavy atom. The zero-order valence-corrected chi connectivity index (χ0v) is 9.78. The molecule has 1 aromatic heterocycles. The first kappa shape index (κ1) is 11.3. The topological polar surface area (TPSA) is 66.2 Å². The van der Waals surface area contributed by atoms with E-state index in [4.69, 9.17) is 9.47 Å². The molecule has 1 fully saturated rings. The van der Waals surface area contributed by atoms with Crippen molar-refractivity contribution in [3.8, 4) is 0 Å². The number of hydrogen-bond acceptors (Lipinski definition) is 5. The number of nitrogens with zero attached hydrogens (tertiary/aromatic N) is 3. The molecule has 0 bridgehead atoms. The van der Waals surface area contributed by atoms with E-state index in [-0.39, 0.29) is 18.5 Å². The molecule has 6 nitrogen and oxygen atoms in total. The first-order valence-corrected chi connectivity index (χ1v) is 5.86. The van der Waals surface area contributed by atoms with Crippen molar-refractivity contribution >= 4 is 10.9 Å². The van der Waals surface area contributed by atoms with E-state index < -0.39 is 0 Å². The van der Waals surface area contributed by atoms with E-state index in [1.54, 1.807) is 12.1 Å². The summed E-state index contributed by atoms with van der Waals surface area (Å²) in [5.41, 5.74) is 0.488. The third kappa shape index (κ3) is 2.12. The maximum atomic E-state index is 12.2. The largest absolute Gasteiger partial charge is 0.355 e. The zero-order valence-electron chi connectivity index (χ0n) is 9.78. The molecular formula is C12H13N3O3. The molecule has 0 radical (unpaired) electrons. The van der Waals surface area contributed by atoms with Crippen LogP contribution in [0.25, 0.3) is 10.9 Å². The van der Waals surface area contributed by atoms with Gasteiger partial charge < -0.3 is 9.47 Å². The average Bonchev–Trinajstić information content (AvgIpc) is 2.43. The summed E-state index contributed by atoms with van der Waals surface area (Å²) in [6, 6.07) is 7.19. The molecule has 6 heteroatoms. The molecule has 1 aromatic carbocycles. The van der Waals surface area contributed by atoms with Gasteiger partial charge in [-0.3, -0.25) is 4.79 Å². The predicted molar refractivity (Wildman–Crippen MR) is 64.1 cm³/mol. The number of aromatic nitrogens is 3. The summed E-state index contributed by atoms with van der Waals surface area (Å²) in [7, 11) is 0. The van der Waals surface area contributed by atoms with Crippen LogP contribution in [0, 0.1) is 0 Å². The van der Waals surface area contributed by atoms with Gasteiger partial charge in [-0.25, -0.2) is 4.68 Å². The van der Waals surface area contributed by atoms with Crippen molar-refractivity contribution in [1.82, 2.24) is 15.0 Å². The molecule has 2 heterocycles. The van der Waals surface area contributed by atoms with Crippen LogP contribution < -0.4 is 5.56 Å². The molecule has 1 aliphatic heterocycles. The van der Waals surface area contributed by atoms with Gasteiger partial charge in [-0.15, -0.1) is 5.10 Å². The minimum absolute atomic E-state index is 0.0353. The molecular weight excluding hydrogens is 234 g/mol. The number of hydrogen-bond donors (Lipinski definition) is 0. The highest BCUT2D eigenvalue weighted by Crippen LogP contribution is 2.08. The SMILES string of the molecule is O=c1c2ccccc2nnn1CC1CCOCO1. The van der Waals surface area contributed by atoms with Crippen LogP contribution >= 0.6 is 0 Å². The minimum Gasteiger partial charge on any atom is -0.355 e. The molecule has 0 N–H and O–H groups in total. The van der Waals surface area contributed by atoms with E-state index in [1.165, 1.54) is 4.68 Å². The second kappa shape index (κ2) is 4.83. The van der Waals surface area contributed by atoms with Crippen LogP contribution in [0.5, 0.6) is 0 Å². The Hall–Kier alpha value is -1.79. The van der Waals surface area contributed by atoms with Crippen molar-refractivity contribution in [2.45, 2.75) is 19.1 Å². The lowest BCUT2D eigenvalue weighted by atomic mass is 10.2.